The Kier molecular flexibility index (Phi) is 5.54. The number of nitrogens with one attached hydrogen (secondary N) is 1. The molecule has 7 heteroatoms. The van der Waals surface area contributed by atoms with E-state index in [0.29, 0.717) is 5.56 Å². The lowest BCUT2D eigenvalue weighted by atomic mass is 10.2. The first kappa shape index (κ1) is 17.2. The molecule has 23 heavy (non-hydrogen) atoms. The summed E-state index contributed by atoms with van der Waals surface area (Å²) < 4.78 is 19.4. The first-order chi connectivity index (χ1) is 10.9. The summed E-state index contributed by atoms with van der Waals surface area (Å²) in [4.78, 5) is 25.5. The number of hydrogen-bond donors (Lipinski definition) is 1. The highest BCUT2D eigenvalue weighted by Crippen LogP contribution is 2.17. The molecule has 0 aliphatic rings. The molecule has 1 aromatic heterocycles. The van der Waals surface area contributed by atoms with Gasteiger partial charge in [0.2, 0.25) is 5.91 Å². The van der Waals surface area contributed by atoms with Gasteiger partial charge < -0.3 is 14.6 Å². The summed E-state index contributed by atoms with van der Waals surface area (Å²) in [5, 5.41) is 2.55. The first-order valence-electron chi connectivity index (χ1n) is 6.91. The number of amides is 2. The summed E-state index contributed by atoms with van der Waals surface area (Å²) >= 11 is 3.27. The van der Waals surface area contributed by atoms with E-state index < -0.39 is 11.9 Å². The third kappa shape index (κ3) is 4.41. The Morgan fingerprint density at radius 3 is 2.78 bits per heavy atom. The summed E-state index contributed by atoms with van der Waals surface area (Å²) in [5.74, 6) is -1.06. The summed E-state index contributed by atoms with van der Waals surface area (Å²) in [6.07, 6.45) is 1.38. The number of furan rings is 1. The number of benzene rings is 1. The van der Waals surface area contributed by atoms with Crippen LogP contribution < -0.4 is 5.32 Å². The molecular formula is C16H16BrFN2O3. The second kappa shape index (κ2) is 7.41. The molecule has 2 aromatic rings. The van der Waals surface area contributed by atoms with E-state index in [2.05, 4.69) is 21.2 Å². The van der Waals surface area contributed by atoms with Crippen LogP contribution in [0, 0.1) is 5.82 Å². The van der Waals surface area contributed by atoms with Crippen LogP contribution in [0.4, 0.5) is 4.39 Å². The predicted molar refractivity (Wildman–Crippen MR) is 86.2 cm³/mol. The number of likely N-dealkylation sites (N-methyl/N-ethyl adjacent to an activating group) is 1. The van der Waals surface area contributed by atoms with Crippen molar-refractivity contribution in [3.8, 4) is 0 Å². The minimum atomic E-state index is -0.757. The monoisotopic (exact) mass is 382 g/mol. The fraction of sp³-hybridized carbons (Fsp3) is 0.250. The lowest BCUT2D eigenvalue weighted by Crippen LogP contribution is -2.45. The molecular weight excluding hydrogens is 367 g/mol. The Morgan fingerprint density at radius 2 is 2.13 bits per heavy atom. The number of carbonyl (C=O) groups is 2. The Morgan fingerprint density at radius 1 is 1.39 bits per heavy atom. The molecule has 0 bridgehead atoms. The van der Waals surface area contributed by atoms with Gasteiger partial charge in [-0.3, -0.25) is 9.59 Å². The summed E-state index contributed by atoms with van der Waals surface area (Å²) in [6, 6.07) is 6.88. The standard InChI is InChI=1S/C16H16BrFN2O3/c1-10(19-15(21)14-4-3-7-23-14)16(22)20(2)9-11-8-12(17)5-6-13(11)18/h3-8,10H,9H2,1-2H3,(H,19,21). The molecule has 1 N–H and O–H groups in total. The normalized spacial score (nSPS) is 11.8. The van der Waals surface area contributed by atoms with Crippen LogP contribution >= 0.6 is 15.9 Å². The van der Waals surface area contributed by atoms with Crippen molar-refractivity contribution in [3.63, 3.8) is 0 Å². The Balaban J connectivity index is 1.98. The summed E-state index contributed by atoms with van der Waals surface area (Å²) in [7, 11) is 1.55. The van der Waals surface area contributed by atoms with Gasteiger partial charge in [-0.1, -0.05) is 15.9 Å². The van der Waals surface area contributed by atoms with Gasteiger partial charge in [0.15, 0.2) is 5.76 Å². The Labute approximate surface area is 141 Å². The average Bonchev–Trinajstić information content (AvgIpc) is 3.04. The molecule has 5 nitrogen and oxygen atoms in total. The van der Waals surface area contributed by atoms with Crippen molar-refractivity contribution in [3.05, 3.63) is 58.2 Å². The van der Waals surface area contributed by atoms with Gasteiger partial charge in [-0.05, 0) is 37.3 Å². The summed E-state index contributed by atoms with van der Waals surface area (Å²) in [6.45, 7) is 1.67. The fourth-order valence-corrected chi connectivity index (χ4v) is 2.47. The maximum Gasteiger partial charge on any atom is 0.287 e. The van der Waals surface area contributed by atoms with Gasteiger partial charge in [-0.2, -0.15) is 0 Å². The van der Waals surface area contributed by atoms with Crippen LogP contribution in [0.3, 0.4) is 0 Å². The molecule has 0 aliphatic heterocycles. The Bertz CT molecular complexity index is 703. The predicted octanol–water partition coefficient (Wildman–Crippen LogP) is 2.96. The molecule has 0 spiro atoms. The fourth-order valence-electron chi connectivity index (χ4n) is 2.07. The van der Waals surface area contributed by atoms with Crippen molar-refractivity contribution < 1.29 is 18.4 Å². The van der Waals surface area contributed by atoms with Crippen molar-refractivity contribution in [2.24, 2.45) is 0 Å². The van der Waals surface area contributed by atoms with E-state index in [0.717, 1.165) is 4.47 Å². The van der Waals surface area contributed by atoms with Crippen molar-refractivity contribution in [1.29, 1.82) is 0 Å². The van der Waals surface area contributed by atoms with E-state index in [1.165, 1.54) is 23.3 Å². The Hall–Kier alpha value is -2.15. The second-order valence-electron chi connectivity index (χ2n) is 5.10. The van der Waals surface area contributed by atoms with Gasteiger partial charge in [-0.15, -0.1) is 0 Å². The van der Waals surface area contributed by atoms with Gasteiger partial charge in [0, 0.05) is 23.6 Å². The number of halogens is 2. The minimum Gasteiger partial charge on any atom is -0.459 e. The van der Waals surface area contributed by atoms with E-state index in [-0.39, 0.29) is 24.0 Å². The van der Waals surface area contributed by atoms with E-state index in [9.17, 15) is 14.0 Å². The SMILES string of the molecule is CC(NC(=O)c1ccco1)C(=O)N(C)Cc1cc(Br)ccc1F. The van der Waals surface area contributed by atoms with Crippen LogP contribution in [0.5, 0.6) is 0 Å². The van der Waals surface area contributed by atoms with Crippen LogP contribution in [0.2, 0.25) is 0 Å². The highest BCUT2D eigenvalue weighted by molar-refractivity contribution is 9.10. The summed E-state index contributed by atoms with van der Waals surface area (Å²) in [5.41, 5.74) is 0.389. The van der Waals surface area contributed by atoms with Crippen LogP contribution in [0.25, 0.3) is 0 Å². The van der Waals surface area contributed by atoms with Crippen molar-refractivity contribution in [2.45, 2.75) is 19.5 Å². The molecule has 0 aliphatic carbocycles. The molecule has 0 radical (unpaired) electrons. The zero-order valence-electron chi connectivity index (χ0n) is 12.7. The highest BCUT2D eigenvalue weighted by atomic mass is 79.9. The zero-order chi connectivity index (χ0) is 17.0. The number of carbonyl (C=O) groups excluding carboxylic acids is 2. The van der Waals surface area contributed by atoms with E-state index in [4.69, 9.17) is 4.42 Å². The highest BCUT2D eigenvalue weighted by Gasteiger charge is 2.22. The van der Waals surface area contributed by atoms with Gasteiger partial charge in [0.1, 0.15) is 11.9 Å². The van der Waals surface area contributed by atoms with E-state index >= 15 is 0 Å². The smallest absolute Gasteiger partial charge is 0.287 e. The molecule has 0 fully saturated rings. The van der Waals surface area contributed by atoms with E-state index in [1.54, 1.807) is 32.2 Å². The minimum absolute atomic E-state index is 0.102. The molecule has 122 valence electrons. The molecule has 1 heterocycles. The van der Waals surface area contributed by atoms with Gasteiger partial charge in [0.05, 0.1) is 6.26 Å². The van der Waals surface area contributed by atoms with Crippen LogP contribution in [0.15, 0.2) is 45.5 Å². The second-order valence-corrected chi connectivity index (χ2v) is 6.02. The number of rotatable bonds is 5. The molecule has 1 aromatic carbocycles. The van der Waals surface area contributed by atoms with E-state index in [1.807, 2.05) is 0 Å². The van der Waals surface area contributed by atoms with Gasteiger partial charge >= 0.3 is 0 Å². The van der Waals surface area contributed by atoms with Crippen LogP contribution in [-0.2, 0) is 11.3 Å². The maximum atomic E-state index is 13.7. The maximum absolute atomic E-state index is 13.7. The van der Waals surface area contributed by atoms with Crippen molar-refractivity contribution in [2.75, 3.05) is 7.05 Å². The van der Waals surface area contributed by atoms with Crippen molar-refractivity contribution in [1.82, 2.24) is 10.2 Å². The van der Waals surface area contributed by atoms with Crippen molar-refractivity contribution >= 4 is 27.7 Å². The molecule has 1 atom stereocenters. The van der Waals surface area contributed by atoms with Crippen LogP contribution in [0.1, 0.15) is 23.0 Å². The lowest BCUT2D eigenvalue weighted by Gasteiger charge is -2.22. The molecule has 2 amide bonds. The van der Waals surface area contributed by atoms with Gasteiger partial charge in [0.25, 0.3) is 5.91 Å². The zero-order valence-corrected chi connectivity index (χ0v) is 14.3. The average molecular weight is 383 g/mol. The first-order valence-corrected chi connectivity index (χ1v) is 7.71. The molecule has 0 saturated carbocycles. The largest absolute Gasteiger partial charge is 0.459 e. The molecule has 2 rings (SSSR count). The third-order valence-corrected chi connectivity index (χ3v) is 3.75. The quantitative estimate of drug-likeness (QED) is 0.864. The topological polar surface area (TPSA) is 62.6 Å². The van der Waals surface area contributed by atoms with Crippen LogP contribution in [-0.4, -0.2) is 29.8 Å². The van der Waals surface area contributed by atoms with Gasteiger partial charge in [-0.25, -0.2) is 4.39 Å². The lowest BCUT2D eigenvalue weighted by molar-refractivity contribution is -0.132. The number of nitrogens with zero attached hydrogens (tertiary/aromatic N) is 1. The third-order valence-electron chi connectivity index (χ3n) is 3.25. The molecule has 0 saturated heterocycles. The number of hydrogen-bond acceptors (Lipinski definition) is 3. The molecule has 1 unspecified atom stereocenters.